The standard InChI is InChI=1S/C14H26N4O/c1-5-12(6-2)17-14(19)11(3)15-9-7-13-8-10-16-18(13)4/h8,10-12,15H,5-7,9H2,1-4H3,(H,17,19). The molecule has 1 rings (SSSR count). The fourth-order valence-corrected chi connectivity index (χ4v) is 1.97. The van der Waals surface area contributed by atoms with Crippen LogP contribution in [0.4, 0.5) is 0 Å². The maximum absolute atomic E-state index is 11.9. The first-order chi connectivity index (χ1) is 9.08. The molecule has 1 atom stereocenters. The van der Waals surface area contributed by atoms with E-state index in [1.165, 1.54) is 5.69 Å². The average molecular weight is 266 g/mol. The molecule has 1 aromatic heterocycles. The number of carbonyl (C=O) groups is 1. The van der Waals surface area contributed by atoms with Crippen LogP contribution < -0.4 is 10.6 Å². The number of aryl methyl sites for hydroxylation is 1. The Morgan fingerprint density at radius 1 is 1.42 bits per heavy atom. The molecule has 1 heterocycles. The summed E-state index contributed by atoms with van der Waals surface area (Å²) in [5, 5.41) is 10.4. The third-order valence-corrected chi connectivity index (χ3v) is 3.48. The molecule has 19 heavy (non-hydrogen) atoms. The molecule has 2 N–H and O–H groups in total. The third-order valence-electron chi connectivity index (χ3n) is 3.48. The summed E-state index contributed by atoms with van der Waals surface area (Å²) in [5.41, 5.74) is 1.17. The lowest BCUT2D eigenvalue weighted by atomic mass is 10.1. The van der Waals surface area contributed by atoms with Gasteiger partial charge in [-0.25, -0.2) is 0 Å². The van der Waals surface area contributed by atoms with Gasteiger partial charge in [-0.1, -0.05) is 13.8 Å². The van der Waals surface area contributed by atoms with E-state index >= 15 is 0 Å². The van der Waals surface area contributed by atoms with E-state index in [2.05, 4.69) is 29.6 Å². The van der Waals surface area contributed by atoms with E-state index in [1.54, 1.807) is 6.20 Å². The lowest BCUT2D eigenvalue weighted by Gasteiger charge is -2.19. The van der Waals surface area contributed by atoms with Gasteiger partial charge in [-0.15, -0.1) is 0 Å². The van der Waals surface area contributed by atoms with Crippen LogP contribution in [0.2, 0.25) is 0 Å². The average Bonchev–Trinajstić information content (AvgIpc) is 2.81. The number of amides is 1. The molecule has 1 amide bonds. The van der Waals surface area contributed by atoms with Gasteiger partial charge in [-0.2, -0.15) is 5.10 Å². The second-order valence-electron chi connectivity index (χ2n) is 4.89. The largest absolute Gasteiger partial charge is 0.352 e. The molecule has 0 aliphatic rings. The van der Waals surface area contributed by atoms with Crippen molar-refractivity contribution in [3.05, 3.63) is 18.0 Å². The summed E-state index contributed by atoms with van der Waals surface area (Å²) in [4.78, 5) is 11.9. The number of hydrogen-bond donors (Lipinski definition) is 2. The topological polar surface area (TPSA) is 59.0 Å². The molecule has 0 aliphatic heterocycles. The van der Waals surface area contributed by atoms with Gasteiger partial charge in [0.1, 0.15) is 0 Å². The monoisotopic (exact) mass is 266 g/mol. The number of carbonyl (C=O) groups excluding carboxylic acids is 1. The summed E-state index contributed by atoms with van der Waals surface area (Å²) in [7, 11) is 1.93. The number of nitrogens with one attached hydrogen (secondary N) is 2. The highest BCUT2D eigenvalue weighted by Gasteiger charge is 2.15. The van der Waals surface area contributed by atoms with Gasteiger partial charge < -0.3 is 10.6 Å². The van der Waals surface area contributed by atoms with Gasteiger partial charge in [0.25, 0.3) is 0 Å². The predicted molar refractivity (Wildman–Crippen MR) is 76.9 cm³/mol. The third kappa shape index (κ3) is 5.03. The maximum Gasteiger partial charge on any atom is 0.237 e. The SMILES string of the molecule is CCC(CC)NC(=O)C(C)NCCc1ccnn1C. The van der Waals surface area contributed by atoms with Crippen molar-refractivity contribution in [2.45, 2.75) is 52.1 Å². The Balaban J connectivity index is 2.28. The highest BCUT2D eigenvalue weighted by atomic mass is 16.2. The highest BCUT2D eigenvalue weighted by molar-refractivity contribution is 5.81. The van der Waals surface area contributed by atoms with Gasteiger partial charge in [0.05, 0.1) is 6.04 Å². The van der Waals surface area contributed by atoms with E-state index in [1.807, 2.05) is 24.7 Å². The van der Waals surface area contributed by atoms with Crippen LogP contribution in [0.15, 0.2) is 12.3 Å². The molecule has 1 unspecified atom stereocenters. The van der Waals surface area contributed by atoms with Crippen LogP contribution in [0.1, 0.15) is 39.3 Å². The van der Waals surface area contributed by atoms with Gasteiger partial charge in [-0.05, 0) is 25.8 Å². The number of hydrogen-bond acceptors (Lipinski definition) is 3. The Morgan fingerprint density at radius 2 is 2.11 bits per heavy atom. The Hall–Kier alpha value is -1.36. The zero-order valence-corrected chi connectivity index (χ0v) is 12.4. The van der Waals surface area contributed by atoms with Crippen LogP contribution >= 0.6 is 0 Å². The minimum atomic E-state index is -0.158. The van der Waals surface area contributed by atoms with Crippen molar-refractivity contribution in [1.29, 1.82) is 0 Å². The molecule has 5 nitrogen and oxygen atoms in total. The van der Waals surface area contributed by atoms with Crippen molar-refractivity contribution in [1.82, 2.24) is 20.4 Å². The Kier molecular flexibility index (Phi) is 6.56. The molecule has 0 bridgehead atoms. The molecule has 1 aromatic rings. The van der Waals surface area contributed by atoms with Gasteiger partial charge >= 0.3 is 0 Å². The summed E-state index contributed by atoms with van der Waals surface area (Å²) < 4.78 is 1.86. The zero-order chi connectivity index (χ0) is 14.3. The summed E-state index contributed by atoms with van der Waals surface area (Å²) in [6.07, 6.45) is 4.62. The van der Waals surface area contributed by atoms with Crippen molar-refractivity contribution >= 4 is 5.91 Å². The van der Waals surface area contributed by atoms with E-state index in [9.17, 15) is 4.79 Å². The van der Waals surface area contributed by atoms with Crippen molar-refractivity contribution < 1.29 is 4.79 Å². The molecule has 0 fully saturated rings. The Bertz CT molecular complexity index is 385. The van der Waals surface area contributed by atoms with Crippen molar-refractivity contribution in [2.75, 3.05) is 6.54 Å². The quantitative estimate of drug-likeness (QED) is 0.744. The van der Waals surface area contributed by atoms with Crippen LogP contribution in [0, 0.1) is 0 Å². The van der Waals surface area contributed by atoms with E-state index < -0.39 is 0 Å². The molecule has 5 heteroatoms. The second-order valence-corrected chi connectivity index (χ2v) is 4.89. The first-order valence-corrected chi connectivity index (χ1v) is 7.09. The van der Waals surface area contributed by atoms with E-state index in [0.717, 1.165) is 25.8 Å². The molecule has 108 valence electrons. The van der Waals surface area contributed by atoms with Crippen molar-refractivity contribution in [2.24, 2.45) is 7.05 Å². The number of rotatable bonds is 8. The number of aromatic nitrogens is 2. The van der Waals surface area contributed by atoms with Crippen LogP contribution in [0.5, 0.6) is 0 Å². The van der Waals surface area contributed by atoms with Crippen LogP contribution in [-0.4, -0.2) is 34.3 Å². The molecule has 0 spiro atoms. The second kappa shape index (κ2) is 7.94. The summed E-state index contributed by atoms with van der Waals surface area (Å²) >= 11 is 0. The summed E-state index contributed by atoms with van der Waals surface area (Å²) in [5.74, 6) is 0.0821. The van der Waals surface area contributed by atoms with Gasteiger partial charge in [0, 0.05) is 37.9 Å². The van der Waals surface area contributed by atoms with Gasteiger partial charge in [0.2, 0.25) is 5.91 Å². The van der Waals surface area contributed by atoms with Gasteiger partial charge in [0.15, 0.2) is 0 Å². The van der Waals surface area contributed by atoms with Crippen LogP contribution in [0.3, 0.4) is 0 Å². The van der Waals surface area contributed by atoms with E-state index in [0.29, 0.717) is 0 Å². The first kappa shape index (κ1) is 15.7. The molecule has 0 saturated heterocycles. The first-order valence-electron chi connectivity index (χ1n) is 7.09. The van der Waals surface area contributed by atoms with Crippen LogP contribution in [0.25, 0.3) is 0 Å². The predicted octanol–water partition coefficient (Wildman–Crippen LogP) is 1.25. The van der Waals surface area contributed by atoms with Crippen molar-refractivity contribution in [3.63, 3.8) is 0 Å². The molecular weight excluding hydrogens is 240 g/mol. The zero-order valence-electron chi connectivity index (χ0n) is 12.4. The van der Waals surface area contributed by atoms with Crippen LogP contribution in [-0.2, 0) is 18.3 Å². The van der Waals surface area contributed by atoms with E-state index in [-0.39, 0.29) is 18.0 Å². The van der Waals surface area contributed by atoms with E-state index in [4.69, 9.17) is 0 Å². The molecule has 0 saturated carbocycles. The fourth-order valence-electron chi connectivity index (χ4n) is 1.97. The highest BCUT2D eigenvalue weighted by Crippen LogP contribution is 1.98. The normalized spacial score (nSPS) is 12.7. The molecule has 0 aliphatic carbocycles. The minimum absolute atomic E-state index is 0.0821. The molecule has 0 radical (unpaired) electrons. The minimum Gasteiger partial charge on any atom is -0.352 e. The van der Waals surface area contributed by atoms with Crippen molar-refractivity contribution in [3.8, 4) is 0 Å². The smallest absolute Gasteiger partial charge is 0.237 e. The Labute approximate surface area is 115 Å². The summed E-state index contributed by atoms with van der Waals surface area (Å²) in [6.45, 7) is 6.86. The molecule has 0 aromatic carbocycles. The lowest BCUT2D eigenvalue weighted by molar-refractivity contribution is -0.123. The molecular formula is C14H26N4O. The van der Waals surface area contributed by atoms with Gasteiger partial charge in [-0.3, -0.25) is 9.48 Å². The maximum atomic E-state index is 11.9. The lowest BCUT2D eigenvalue weighted by Crippen LogP contribution is -2.46. The Morgan fingerprint density at radius 3 is 2.63 bits per heavy atom. The summed E-state index contributed by atoms with van der Waals surface area (Å²) in [6, 6.07) is 2.12. The number of nitrogens with zero attached hydrogens (tertiary/aromatic N) is 2. The fraction of sp³-hybridized carbons (Fsp3) is 0.714.